The molecule has 9 heteroatoms. The third-order valence-electron chi connectivity index (χ3n) is 11.5. The first-order valence-electron chi connectivity index (χ1n) is 17.5. The molecule has 0 spiro atoms. The number of aliphatic imine (C=N–C) groups is 2. The third kappa shape index (κ3) is 4.74. The van der Waals surface area contributed by atoms with Crippen LogP contribution in [0.5, 0.6) is 23.0 Å². The zero-order chi connectivity index (χ0) is 35.5. The Morgan fingerprint density at radius 3 is 1.33 bits per heavy atom. The molecule has 5 aromatic rings. The van der Waals surface area contributed by atoms with Crippen molar-refractivity contribution in [3.05, 3.63) is 103 Å². The van der Waals surface area contributed by atoms with Gasteiger partial charge in [-0.25, -0.2) is 9.98 Å². The monoisotopic (exact) mass is 674 g/mol. The van der Waals surface area contributed by atoms with Crippen molar-refractivity contribution < 1.29 is 18.9 Å². The Morgan fingerprint density at radius 2 is 0.922 bits per heavy atom. The molecule has 3 aromatic carbocycles. The summed E-state index contributed by atoms with van der Waals surface area (Å²) in [5, 5.41) is 0. The molecule has 0 unspecified atom stereocenters. The van der Waals surface area contributed by atoms with Gasteiger partial charge in [-0.2, -0.15) is 0 Å². The molecule has 8 nitrogen and oxygen atoms in total. The first kappa shape index (κ1) is 31.5. The molecule has 6 heterocycles. The Bertz CT molecular complexity index is 2200. The number of pyridine rings is 2. The van der Waals surface area contributed by atoms with Crippen LogP contribution >= 0.6 is 0 Å². The first-order valence-corrected chi connectivity index (χ1v) is 17.5. The predicted octanol–water partition coefficient (Wildman–Crippen LogP) is 7.21. The van der Waals surface area contributed by atoms with Crippen LogP contribution in [0.3, 0.4) is 0 Å². The van der Waals surface area contributed by atoms with Crippen molar-refractivity contribution in [1.29, 1.82) is 0 Å². The van der Waals surface area contributed by atoms with Crippen molar-refractivity contribution in [3.8, 4) is 45.3 Å². The molecular weight excluding hydrogens is 635 g/mol. The Balaban J connectivity index is 1.15. The van der Waals surface area contributed by atoms with Crippen molar-refractivity contribution in [1.82, 2.24) is 9.97 Å². The molecule has 0 saturated carbocycles. The Morgan fingerprint density at radius 1 is 0.510 bits per heavy atom. The van der Waals surface area contributed by atoms with E-state index in [1.165, 1.54) is 0 Å². The fourth-order valence-electron chi connectivity index (χ4n) is 7.14. The third-order valence-corrected chi connectivity index (χ3v) is 11.5. The van der Waals surface area contributed by atoms with Gasteiger partial charge >= 0.3 is 0 Å². The molecule has 0 amide bonds. The second kappa shape index (κ2) is 10.5. The highest BCUT2D eigenvalue weighted by molar-refractivity contribution is 6.98. The molecule has 254 valence electrons. The average molecular weight is 675 g/mol. The zero-order valence-electron chi connectivity index (χ0n) is 30.2. The molecule has 0 aliphatic carbocycles. The first-order chi connectivity index (χ1) is 24.2. The molecule has 4 aliphatic heterocycles. The summed E-state index contributed by atoms with van der Waals surface area (Å²) in [6.45, 7) is 16.5. The summed E-state index contributed by atoms with van der Waals surface area (Å²) >= 11 is 0. The normalized spacial score (nSPS) is 19.3. The van der Waals surface area contributed by atoms with Gasteiger partial charge in [0.2, 0.25) is 11.8 Å². The maximum absolute atomic E-state index is 6.77. The highest BCUT2D eigenvalue weighted by Crippen LogP contribution is 2.43. The summed E-state index contributed by atoms with van der Waals surface area (Å²) in [6.07, 6.45) is 7.36. The zero-order valence-corrected chi connectivity index (χ0v) is 30.2. The van der Waals surface area contributed by atoms with Crippen LogP contribution in [0.15, 0.2) is 102 Å². The fraction of sp³-hybridized carbons (Fsp3) is 0.286. The summed E-state index contributed by atoms with van der Waals surface area (Å²) in [4.78, 5) is 19.1. The van der Waals surface area contributed by atoms with E-state index in [-0.39, 0.29) is 17.8 Å². The molecule has 9 rings (SSSR count). The van der Waals surface area contributed by atoms with Gasteiger partial charge in [-0.05, 0) is 90.6 Å². The van der Waals surface area contributed by atoms with Gasteiger partial charge in [0.25, 0.3) is 6.71 Å². The molecule has 51 heavy (non-hydrogen) atoms. The van der Waals surface area contributed by atoms with E-state index >= 15 is 0 Å². The fourth-order valence-corrected chi connectivity index (χ4v) is 7.14. The number of para-hydroxylation sites is 2. The smallest absolute Gasteiger partial charge is 0.260 e. The summed E-state index contributed by atoms with van der Waals surface area (Å²) in [7, 11) is 0. The average Bonchev–Trinajstić information content (AvgIpc) is 3.47. The van der Waals surface area contributed by atoms with Gasteiger partial charge in [0, 0.05) is 52.5 Å². The van der Waals surface area contributed by atoms with Crippen LogP contribution in [-0.4, -0.2) is 50.8 Å². The lowest BCUT2D eigenvalue weighted by Gasteiger charge is -2.34. The second-order valence-electron chi connectivity index (χ2n) is 15.9. The standard InChI is InChI=1S/C42H39BN4O4/c1-39(2)41(5,6)50-37(46-39)26-18-24(20-44-22-26)28-12-9-14-30-35(28)48-32-16-11-17-33-34(32)43(30)31-15-10-13-29(36(31)49-33)25-19-27(23-45-21-25)38-47-40(3,4)42(7,8)51-38/h9-23H,1-8H3. The Labute approximate surface area is 298 Å². The number of benzene rings is 3. The van der Waals surface area contributed by atoms with Gasteiger partial charge in [0.05, 0.1) is 22.2 Å². The van der Waals surface area contributed by atoms with Crippen molar-refractivity contribution in [2.75, 3.05) is 0 Å². The van der Waals surface area contributed by atoms with Crippen LogP contribution < -0.4 is 25.9 Å². The second-order valence-corrected chi connectivity index (χ2v) is 15.9. The lowest BCUT2D eigenvalue weighted by molar-refractivity contribution is 0.0618. The van der Waals surface area contributed by atoms with Gasteiger partial charge in [-0.15, -0.1) is 0 Å². The molecule has 0 N–H and O–H groups in total. The van der Waals surface area contributed by atoms with Crippen molar-refractivity contribution in [3.63, 3.8) is 0 Å². The summed E-state index contributed by atoms with van der Waals surface area (Å²) < 4.78 is 26.2. The number of ether oxygens (including phenoxy) is 4. The number of nitrogens with zero attached hydrogens (tertiary/aromatic N) is 4. The highest BCUT2D eigenvalue weighted by atomic mass is 16.5. The minimum absolute atomic E-state index is 0.121. The van der Waals surface area contributed by atoms with Gasteiger partial charge in [0.1, 0.15) is 34.2 Å². The minimum Gasteiger partial charge on any atom is -0.469 e. The largest absolute Gasteiger partial charge is 0.469 e. The summed E-state index contributed by atoms with van der Waals surface area (Å²) in [5.41, 5.74) is 6.92. The molecule has 0 radical (unpaired) electrons. The van der Waals surface area contributed by atoms with Crippen molar-refractivity contribution in [2.24, 2.45) is 9.98 Å². The maximum Gasteiger partial charge on any atom is 0.260 e. The van der Waals surface area contributed by atoms with Gasteiger partial charge in [-0.3, -0.25) is 9.97 Å². The molecule has 0 atom stereocenters. The topological polar surface area (TPSA) is 87.4 Å². The molecule has 0 fully saturated rings. The van der Waals surface area contributed by atoms with E-state index in [4.69, 9.17) is 28.9 Å². The van der Waals surface area contributed by atoms with Gasteiger partial charge in [0.15, 0.2) is 0 Å². The minimum atomic E-state index is -0.437. The quantitative estimate of drug-likeness (QED) is 0.184. The van der Waals surface area contributed by atoms with Crippen LogP contribution in [0.4, 0.5) is 0 Å². The van der Waals surface area contributed by atoms with Gasteiger partial charge < -0.3 is 18.9 Å². The van der Waals surface area contributed by atoms with E-state index in [9.17, 15) is 0 Å². The number of aromatic nitrogens is 2. The van der Waals surface area contributed by atoms with E-state index in [0.29, 0.717) is 11.8 Å². The number of rotatable bonds is 4. The molecular formula is C42H39BN4O4. The predicted molar refractivity (Wildman–Crippen MR) is 202 cm³/mol. The van der Waals surface area contributed by atoms with E-state index < -0.39 is 11.2 Å². The van der Waals surface area contributed by atoms with Crippen LogP contribution in [0.1, 0.15) is 66.5 Å². The van der Waals surface area contributed by atoms with Crippen molar-refractivity contribution >= 4 is 34.9 Å². The van der Waals surface area contributed by atoms with Crippen LogP contribution in [-0.2, 0) is 9.47 Å². The van der Waals surface area contributed by atoms with E-state index in [2.05, 4.69) is 114 Å². The number of hydrogen-bond acceptors (Lipinski definition) is 8. The van der Waals surface area contributed by atoms with Crippen molar-refractivity contribution in [2.45, 2.75) is 77.7 Å². The maximum atomic E-state index is 6.77. The van der Waals surface area contributed by atoms with E-state index in [1.807, 2.05) is 43.0 Å². The SMILES string of the molecule is CC1(C)N=C(c2cncc(-c3cccc4c3Oc3cccc5c3B4c3cccc(-c4cncc(C6=NC(C)(C)C(C)(C)O6)c4)c3O5)c2)OC1(C)C. The Hall–Kier alpha value is -5.44. The van der Waals surface area contributed by atoms with Gasteiger partial charge in [-0.1, -0.05) is 42.5 Å². The molecule has 0 bridgehead atoms. The van der Waals surface area contributed by atoms with Crippen LogP contribution in [0.2, 0.25) is 0 Å². The molecule has 0 saturated heterocycles. The lowest BCUT2D eigenvalue weighted by Crippen LogP contribution is -2.57. The number of hydrogen-bond donors (Lipinski definition) is 0. The van der Waals surface area contributed by atoms with E-state index in [1.54, 1.807) is 0 Å². The summed E-state index contributed by atoms with van der Waals surface area (Å²) in [5.74, 6) is 4.34. The molecule has 4 aliphatic rings. The number of fused-ring (bicyclic) bond motifs is 4. The lowest BCUT2D eigenvalue weighted by atomic mass is 9.34. The summed E-state index contributed by atoms with van der Waals surface area (Å²) in [6, 6.07) is 22.8. The molecule has 2 aromatic heterocycles. The van der Waals surface area contributed by atoms with Crippen LogP contribution in [0.25, 0.3) is 22.3 Å². The van der Waals surface area contributed by atoms with Crippen LogP contribution in [0, 0.1) is 0 Å². The highest BCUT2D eigenvalue weighted by Gasteiger charge is 2.47. The van der Waals surface area contributed by atoms with E-state index in [0.717, 1.165) is 72.8 Å². The Kier molecular flexibility index (Phi) is 6.52.